The van der Waals surface area contributed by atoms with Crippen LogP contribution in [0.5, 0.6) is 5.75 Å². The van der Waals surface area contributed by atoms with Crippen molar-refractivity contribution in [1.29, 1.82) is 0 Å². The number of nitro groups is 1. The van der Waals surface area contributed by atoms with Crippen molar-refractivity contribution >= 4 is 29.1 Å². The first-order valence-corrected chi connectivity index (χ1v) is 7.09. The molecule has 3 amide bonds. The molecule has 2 aromatic carbocycles. The molecule has 9 nitrogen and oxygen atoms in total. The van der Waals surface area contributed by atoms with Gasteiger partial charge in [-0.15, -0.1) is 0 Å². The fourth-order valence-corrected chi connectivity index (χ4v) is 2.45. The van der Waals surface area contributed by atoms with E-state index in [9.17, 15) is 29.6 Å². The lowest BCUT2D eigenvalue weighted by Crippen LogP contribution is -2.37. The molecule has 1 N–H and O–H groups in total. The van der Waals surface area contributed by atoms with Crippen molar-refractivity contribution in [3.63, 3.8) is 0 Å². The summed E-state index contributed by atoms with van der Waals surface area (Å²) in [6.07, 6.45) is 0. The standard InChI is InChI=1S/C16H11N3O6/c20-13-6-5-9(19(24)25)7-12(13)17-14(21)8-18-15(22)10-3-1-2-4-11(10)16(18)23/h1-7,20H,8H2,(H,17,21)/p-1. The summed E-state index contributed by atoms with van der Waals surface area (Å²) in [5.74, 6) is -2.66. The SMILES string of the molecule is O=C(CN1C(=O)c2ccccc2C1=O)Nc1cc([N+](=O)[O-])ccc1[O-]. The number of nitro benzene ring substituents is 1. The smallest absolute Gasteiger partial charge is 0.271 e. The van der Waals surface area contributed by atoms with E-state index in [1.165, 1.54) is 12.1 Å². The van der Waals surface area contributed by atoms with Gasteiger partial charge in [0.25, 0.3) is 17.5 Å². The number of fused-ring (bicyclic) bond motifs is 1. The van der Waals surface area contributed by atoms with Crippen LogP contribution in [-0.2, 0) is 4.79 Å². The van der Waals surface area contributed by atoms with Crippen molar-refractivity contribution in [2.75, 3.05) is 11.9 Å². The molecule has 0 atom stereocenters. The second kappa shape index (κ2) is 6.04. The van der Waals surface area contributed by atoms with E-state index < -0.39 is 34.9 Å². The van der Waals surface area contributed by atoms with Crippen molar-refractivity contribution in [2.24, 2.45) is 0 Å². The van der Waals surface area contributed by atoms with Crippen molar-refractivity contribution in [3.8, 4) is 5.75 Å². The molecule has 1 aliphatic heterocycles. The second-order valence-electron chi connectivity index (χ2n) is 5.23. The van der Waals surface area contributed by atoms with E-state index in [1.54, 1.807) is 12.1 Å². The van der Waals surface area contributed by atoms with Gasteiger partial charge in [0.05, 0.1) is 16.1 Å². The highest BCUT2D eigenvalue weighted by Gasteiger charge is 2.36. The van der Waals surface area contributed by atoms with Crippen LogP contribution >= 0.6 is 0 Å². The van der Waals surface area contributed by atoms with Crippen molar-refractivity contribution in [2.45, 2.75) is 0 Å². The molecule has 1 heterocycles. The number of amides is 3. The third kappa shape index (κ3) is 2.90. The van der Waals surface area contributed by atoms with Gasteiger partial charge in [-0.05, 0) is 12.1 Å². The Morgan fingerprint density at radius 2 is 1.68 bits per heavy atom. The number of nitrogens with one attached hydrogen (secondary N) is 1. The number of hydrogen-bond acceptors (Lipinski definition) is 6. The Morgan fingerprint density at radius 1 is 1.08 bits per heavy atom. The molecule has 0 radical (unpaired) electrons. The Kier molecular flexibility index (Phi) is 3.89. The molecule has 0 fully saturated rings. The largest absolute Gasteiger partial charge is 0.871 e. The van der Waals surface area contributed by atoms with Crippen LogP contribution in [0.1, 0.15) is 20.7 Å². The number of rotatable bonds is 4. The van der Waals surface area contributed by atoms with Crippen LogP contribution in [0.4, 0.5) is 11.4 Å². The molecule has 0 spiro atoms. The van der Waals surface area contributed by atoms with Crippen molar-refractivity contribution < 1.29 is 24.4 Å². The van der Waals surface area contributed by atoms with Gasteiger partial charge in [-0.1, -0.05) is 23.9 Å². The predicted octanol–water partition coefficient (Wildman–Crippen LogP) is 0.903. The highest BCUT2D eigenvalue weighted by Crippen LogP contribution is 2.26. The normalized spacial score (nSPS) is 12.9. The highest BCUT2D eigenvalue weighted by atomic mass is 16.6. The Morgan fingerprint density at radius 3 is 2.24 bits per heavy atom. The third-order valence-electron chi connectivity index (χ3n) is 3.63. The zero-order valence-corrected chi connectivity index (χ0v) is 12.6. The van der Waals surface area contributed by atoms with Gasteiger partial charge >= 0.3 is 0 Å². The quantitative estimate of drug-likeness (QED) is 0.499. The van der Waals surface area contributed by atoms with Crippen LogP contribution in [0.25, 0.3) is 0 Å². The van der Waals surface area contributed by atoms with Gasteiger partial charge in [0.1, 0.15) is 6.54 Å². The number of benzene rings is 2. The van der Waals surface area contributed by atoms with Crippen LogP contribution in [-0.4, -0.2) is 34.1 Å². The van der Waals surface area contributed by atoms with Crippen LogP contribution in [0, 0.1) is 10.1 Å². The van der Waals surface area contributed by atoms with E-state index in [-0.39, 0.29) is 22.5 Å². The van der Waals surface area contributed by atoms with Gasteiger partial charge in [-0.25, -0.2) is 0 Å². The third-order valence-corrected chi connectivity index (χ3v) is 3.63. The van der Waals surface area contributed by atoms with Gasteiger partial charge < -0.3 is 10.4 Å². The van der Waals surface area contributed by atoms with Crippen molar-refractivity contribution in [3.05, 3.63) is 63.7 Å². The van der Waals surface area contributed by atoms with E-state index in [0.29, 0.717) is 0 Å². The van der Waals surface area contributed by atoms with Crippen molar-refractivity contribution in [1.82, 2.24) is 4.90 Å². The monoisotopic (exact) mass is 340 g/mol. The topological polar surface area (TPSA) is 133 Å². The molecule has 0 saturated heterocycles. The molecule has 25 heavy (non-hydrogen) atoms. The molecule has 0 bridgehead atoms. The molecule has 3 rings (SSSR count). The number of non-ortho nitro benzene ring substituents is 1. The van der Waals surface area contributed by atoms with Crippen LogP contribution < -0.4 is 10.4 Å². The average Bonchev–Trinajstić information content (AvgIpc) is 2.82. The van der Waals surface area contributed by atoms with Gasteiger partial charge in [0.15, 0.2) is 0 Å². The minimum Gasteiger partial charge on any atom is -0.871 e. The second-order valence-corrected chi connectivity index (χ2v) is 5.23. The lowest BCUT2D eigenvalue weighted by Gasteiger charge is -2.17. The fourth-order valence-electron chi connectivity index (χ4n) is 2.45. The molecule has 1 aliphatic rings. The van der Waals surface area contributed by atoms with Gasteiger partial charge in [0.2, 0.25) is 5.91 Å². The van der Waals surface area contributed by atoms with Crippen LogP contribution in [0.15, 0.2) is 42.5 Å². The maximum absolute atomic E-state index is 12.2. The summed E-state index contributed by atoms with van der Waals surface area (Å²) in [5, 5.41) is 24.6. The summed E-state index contributed by atoms with van der Waals surface area (Å²) >= 11 is 0. The first-order chi connectivity index (χ1) is 11.9. The van der Waals surface area contributed by atoms with Gasteiger partial charge in [0, 0.05) is 17.8 Å². The summed E-state index contributed by atoms with van der Waals surface area (Å²) in [4.78, 5) is 47.2. The molecule has 0 saturated carbocycles. The van der Waals surface area contributed by atoms with Gasteiger partial charge in [-0.2, -0.15) is 0 Å². The Bertz CT molecular complexity index is 889. The summed E-state index contributed by atoms with van der Waals surface area (Å²) in [7, 11) is 0. The molecule has 126 valence electrons. The zero-order valence-electron chi connectivity index (χ0n) is 12.6. The number of nitrogens with zero attached hydrogens (tertiary/aromatic N) is 2. The lowest BCUT2D eigenvalue weighted by atomic mass is 10.1. The Hall–Kier alpha value is -3.75. The minimum absolute atomic E-state index is 0.195. The molecular formula is C16H10N3O6-. The molecule has 2 aromatic rings. The maximum atomic E-state index is 12.2. The number of imide groups is 1. The van der Waals surface area contributed by atoms with E-state index in [2.05, 4.69) is 5.32 Å². The van der Waals surface area contributed by atoms with E-state index in [1.807, 2.05) is 0 Å². The van der Waals surface area contributed by atoms with Gasteiger partial charge in [-0.3, -0.25) is 29.4 Å². The van der Waals surface area contributed by atoms with Crippen LogP contribution in [0.2, 0.25) is 0 Å². The fraction of sp³-hybridized carbons (Fsp3) is 0.0625. The molecular weight excluding hydrogens is 330 g/mol. The predicted molar refractivity (Wildman–Crippen MR) is 83.0 cm³/mol. The summed E-state index contributed by atoms with van der Waals surface area (Å²) in [6.45, 7) is -0.603. The Labute approximate surface area is 140 Å². The lowest BCUT2D eigenvalue weighted by molar-refractivity contribution is -0.385. The Balaban J connectivity index is 1.76. The first kappa shape index (κ1) is 16.1. The summed E-state index contributed by atoms with van der Waals surface area (Å²) in [5.41, 5.74) is -0.272. The van der Waals surface area contributed by atoms with Crippen LogP contribution in [0.3, 0.4) is 0 Å². The first-order valence-electron chi connectivity index (χ1n) is 7.09. The average molecular weight is 340 g/mol. The maximum Gasteiger partial charge on any atom is 0.271 e. The highest BCUT2D eigenvalue weighted by molar-refractivity contribution is 6.22. The number of carbonyl (C=O) groups is 3. The molecule has 0 unspecified atom stereocenters. The van der Waals surface area contributed by atoms with E-state index in [4.69, 9.17) is 0 Å². The number of anilines is 1. The molecule has 9 heteroatoms. The zero-order chi connectivity index (χ0) is 18.1. The van der Waals surface area contributed by atoms with E-state index in [0.717, 1.165) is 23.1 Å². The number of hydrogen-bond donors (Lipinski definition) is 1. The molecule has 0 aromatic heterocycles. The van der Waals surface area contributed by atoms with E-state index >= 15 is 0 Å². The summed E-state index contributed by atoms with van der Waals surface area (Å²) < 4.78 is 0. The number of carbonyl (C=O) groups excluding carboxylic acids is 3. The molecule has 0 aliphatic carbocycles. The summed E-state index contributed by atoms with van der Waals surface area (Å²) in [6, 6.07) is 9.04. The minimum atomic E-state index is -0.813.